The van der Waals surface area contributed by atoms with Crippen LogP contribution in [-0.4, -0.2) is 44.1 Å². The van der Waals surface area contributed by atoms with Gasteiger partial charge in [0.25, 0.3) is 5.91 Å². The molecule has 22 heavy (non-hydrogen) atoms. The number of piperidine rings is 1. The number of aromatic amines is 2. The minimum absolute atomic E-state index is 0.177. The number of nitrogens with zero attached hydrogens (tertiary/aromatic N) is 3. The predicted molar refractivity (Wildman–Crippen MR) is 70.1 cm³/mol. The summed E-state index contributed by atoms with van der Waals surface area (Å²) in [5.41, 5.74) is -0.143. The summed E-state index contributed by atoms with van der Waals surface area (Å²) in [6.45, 7) is 0.936. The molecule has 0 spiro atoms. The van der Waals surface area contributed by atoms with E-state index in [4.69, 9.17) is 0 Å². The van der Waals surface area contributed by atoms with Gasteiger partial charge in [-0.3, -0.25) is 9.89 Å². The van der Waals surface area contributed by atoms with Gasteiger partial charge in [-0.05, 0) is 18.9 Å². The van der Waals surface area contributed by atoms with Crippen LogP contribution in [0.3, 0.4) is 0 Å². The summed E-state index contributed by atoms with van der Waals surface area (Å²) in [7, 11) is 0. The van der Waals surface area contributed by atoms with Crippen molar-refractivity contribution in [2.45, 2.75) is 24.9 Å². The van der Waals surface area contributed by atoms with Crippen molar-refractivity contribution in [1.29, 1.82) is 0 Å². The first kappa shape index (κ1) is 14.6. The number of hydrogen-bond donors (Lipinski definition) is 2. The van der Waals surface area contributed by atoms with E-state index < -0.39 is 11.9 Å². The molecule has 1 atom stereocenters. The summed E-state index contributed by atoms with van der Waals surface area (Å²) in [5, 5.41) is 5.76. The van der Waals surface area contributed by atoms with Gasteiger partial charge in [-0.2, -0.15) is 18.3 Å². The summed E-state index contributed by atoms with van der Waals surface area (Å²) in [6.07, 6.45) is -0.172. The van der Waals surface area contributed by atoms with Crippen LogP contribution in [-0.2, 0) is 6.18 Å². The van der Waals surface area contributed by atoms with Crippen LogP contribution < -0.4 is 0 Å². The van der Waals surface area contributed by atoms with Gasteiger partial charge in [-0.1, -0.05) is 0 Å². The Kier molecular flexibility index (Phi) is 3.63. The van der Waals surface area contributed by atoms with Crippen molar-refractivity contribution in [2.75, 3.05) is 13.1 Å². The van der Waals surface area contributed by atoms with Crippen LogP contribution in [0.4, 0.5) is 13.2 Å². The van der Waals surface area contributed by atoms with E-state index in [2.05, 4.69) is 20.2 Å². The number of nitrogens with one attached hydrogen (secondary N) is 2. The fourth-order valence-electron chi connectivity index (χ4n) is 2.65. The Morgan fingerprint density at radius 3 is 2.86 bits per heavy atom. The molecular formula is C13H14F3N5O. The van der Waals surface area contributed by atoms with E-state index in [1.807, 2.05) is 0 Å². The molecule has 1 aliphatic heterocycles. The topological polar surface area (TPSA) is 77.7 Å². The van der Waals surface area contributed by atoms with Crippen LogP contribution in [0.5, 0.6) is 0 Å². The Morgan fingerprint density at radius 1 is 1.41 bits per heavy atom. The smallest absolute Gasteiger partial charge is 0.341 e. The Hall–Kier alpha value is -2.32. The van der Waals surface area contributed by atoms with Crippen molar-refractivity contribution in [1.82, 2.24) is 25.1 Å². The lowest BCUT2D eigenvalue weighted by molar-refractivity contribution is -0.141. The third-order valence-corrected chi connectivity index (χ3v) is 3.77. The number of halogens is 3. The fourth-order valence-corrected chi connectivity index (χ4v) is 2.65. The van der Waals surface area contributed by atoms with Crippen molar-refractivity contribution in [2.24, 2.45) is 0 Å². The first-order chi connectivity index (χ1) is 10.4. The maximum atomic E-state index is 12.6. The van der Waals surface area contributed by atoms with Crippen LogP contribution in [0, 0.1) is 0 Å². The third kappa shape index (κ3) is 2.83. The molecule has 1 saturated heterocycles. The van der Waals surface area contributed by atoms with E-state index in [0.717, 1.165) is 12.5 Å². The van der Waals surface area contributed by atoms with E-state index >= 15 is 0 Å². The van der Waals surface area contributed by atoms with Gasteiger partial charge in [-0.15, -0.1) is 0 Å². The highest BCUT2D eigenvalue weighted by molar-refractivity contribution is 5.92. The molecule has 3 heterocycles. The second-order valence-corrected chi connectivity index (χ2v) is 5.26. The molecule has 1 fully saturated rings. The van der Waals surface area contributed by atoms with E-state index in [-0.39, 0.29) is 11.8 Å². The molecule has 9 heteroatoms. The third-order valence-electron chi connectivity index (χ3n) is 3.77. The number of alkyl halides is 3. The average Bonchev–Trinajstić information content (AvgIpc) is 3.17. The first-order valence-electron chi connectivity index (χ1n) is 6.85. The van der Waals surface area contributed by atoms with Gasteiger partial charge in [-0.25, -0.2) is 4.98 Å². The fraction of sp³-hybridized carbons (Fsp3) is 0.462. The van der Waals surface area contributed by atoms with Crippen molar-refractivity contribution in [3.8, 4) is 0 Å². The molecule has 2 aromatic rings. The number of carbonyl (C=O) groups excluding carboxylic acids is 1. The van der Waals surface area contributed by atoms with Gasteiger partial charge in [0.15, 0.2) is 5.69 Å². The number of hydrogen-bond acceptors (Lipinski definition) is 3. The highest BCUT2D eigenvalue weighted by atomic mass is 19.4. The van der Waals surface area contributed by atoms with Gasteiger partial charge in [0.05, 0.1) is 12.5 Å². The van der Waals surface area contributed by atoms with Crippen LogP contribution in [0.15, 0.2) is 18.6 Å². The summed E-state index contributed by atoms with van der Waals surface area (Å²) in [4.78, 5) is 20.4. The second kappa shape index (κ2) is 5.47. The van der Waals surface area contributed by atoms with Crippen LogP contribution in [0.25, 0.3) is 0 Å². The van der Waals surface area contributed by atoms with Gasteiger partial charge in [0.1, 0.15) is 5.69 Å². The van der Waals surface area contributed by atoms with E-state index in [9.17, 15) is 18.0 Å². The highest BCUT2D eigenvalue weighted by Crippen LogP contribution is 2.32. The lowest BCUT2D eigenvalue weighted by Gasteiger charge is -2.31. The predicted octanol–water partition coefficient (Wildman–Crippen LogP) is 2.17. The van der Waals surface area contributed by atoms with Crippen molar-refractivity contribution in [3.05, 3.63) is 35.7 Å². The Bertz CT molecular complexity index is 649. The molecule has 0 unspecified atom stereocenters. The SMILES string of the molecule is O=C(c1cnc[nH]1)N1CCC[C@H](c2cc(C(F)(F)F)n[nH]2)C1. The summed E-state index contributed by atoms with van der Waals surface area (Å²) in [5.74, 6) is -0.373. The molecule has 0 saturated carbocycles. The summed E-state index contributed by atoms with van der Waals surface area (Å²) < 4.78 is 37.8. The van der Waals surface area contributed by atoms with Crippen molar-refractivity contribution in [3.63, 3.8) is 0 Å². The maximum absolute atomic E-state index is 12.6. The molecular weight excluding hydrogens is 299 g/mol. The molecule has 118 valence electrons. The molecule has 2 aromatic heterocycles. The van der Waals surface area contributed by atoms with E-state index in [1.54, 1.807) is 4.90 Å². The molecule has 0 bridgehead atoms. The molecule has 6 nitrogen and oxygen atoms in total. The first-order valence-corrected chi connectivity index (χ1v) is 6.85. The largest absolute Gasteiger partial charge is 0.435 e. The van der Waals surface area contributed by atoms with Crippen LogP contribution >= 0.6 is 0 Å². The molecule has 0 aromatic carbocycles. The maximum Gasteiger partial charge on any atom is 0.435 e. The Balaban J connectivity index is 1.73. The van der Waals surface area contributed by atoms with Gasteiger partial charge < -0.3 is 9.88 Å². The molecule has 1 aliphatic rings. The number of rotatable bonds is 2. The normalized spacial score (nSPS) is 19.4. The van der Waals surface area contributed by atoms with Gasteiger partial charge >= 0.3 is 6.18 Å². The number of H-pyrrole nitrogens is 2. The summed E-state index contributed by atoms with van der Waals surface area (Å²) >= 11 is 0. The van der Waals surface area contributed by atoms with Gasteiger partial charge in [0.2, 0.25) is 0 Å². The number of amides is 1. The molecule has 2 N–H and O–H groups in total. The minimum atomic E-state index is -4.46. The van der Waals surface area contributed by atoms with Crippen molar-refractivity contribution >= 4 is 5.91 Å². The average molecular weight is 313 g/mol. The van der Waals surface area contributed by atoms with E-state index in [1.165, 1.54) is 12.5 Å². The second-order valence-electron chi connectivity index (χ2n) is 5.26. The number of carbonyl (C=O) groups is 1. The Labute approximate surface area is 123 Å². The lowest BCUT2D eigenvalue weighted by Crippen LogP contribution is -2.39. The summed E-state index contributed by atoms with van der Waals surface area (Å²) in [6, 6.07) is 1.02. The van der Waals surface area contributed by atoms with Crippen LogP contribution in [0.2, 0.25) is 0 Å². The molecule has 0 radical (unpaired) electrons. The Morgan fingerprint density at radius 2 is 2.23 bits per heavy atom. The standard InChI is InChI=1S/C13H14F3N5O/c14-13(15,16)11-4-9(19-20-11)8-2-1-3-21(6-8)12(22)10-5-17-7-18-10/h4-5,7-8H,1-3,6H2,(H,17,18)(H,19,20)/t8-/m0/s1. The zero-order valence-electron chi connectivity index (χ0n) is 11.5. The monoisotopic (exact) mass is 313 g/mol. The zero-order valence-corrected chi connectivity index (χ0v) is 11.5. The van der Waals surface area contributed by atoms with Crippen LogP contribution in [0.1, 0.15) is 40.6 Å². The number of imidazole rings is 1. The molecule has 1 amide bonds. The number of aromatic nitrogens is 4. The van der Waals surface area contributed by atoms with Crippen molar-refractivity contribution < 1.29 is 18.0 Å². The quantitative estimate of drug-likeness (QED) is 0.892. The highest BCUT2D eigenvalue weighted by Gasteiger charge is 2.35. The zero-order chi connectivity index (χ0) is 15.7. The molecule has 0 aliphatic carbocycles. The number of likely N-dealkylation sites (tertiary alicyclic amines) is 1. The molecule has 3 rings (SSSR count). The lowest BCUT2D eigenvalue weighted by atomic mass is 9.94. The minimum Gasteiger partial charge on any atom is -0.341 e. The van der Waals surface area contributed by atoms with E-state index in [0.29, 0.717) is 30.9 Å². The van der Waals surface area contributed by atoms with Gasteiger partial charge in [0, 0.05) is 24.7 Å².